The van der Waals surface area contributed by atoms with Gasteiger partial charge in [0.1, 0.15) is 11.8 Å². The van der Waals surface area contributed by atoms with E-state index in [1.54, 1.807) is 29.2 Å². The first-order chi connectivity index (χ1) is 16.7. The molecule has 2 aromatic rings. The molecule has 0 spiro atoms. The number of benzene rings is 2. The number of anilines is 1. The molecule has 0 fully saturated rings. The number of amides is 2. The molecule has 2 amide bonds. The minimum absolute atomic E-state index is 0.126. The van der Waals surface area contributed by atoms with Crippen LogP contribution in [0.4, 0.5) is 5.69 Å². The smallest absolute Gasteiger partial charge is 0.242 e. The molecule has 0 aliphatic heterocycles. The van der Waals surface area contributed by atoms with E-state index in [1.807, 2.05) is 44.2 Å². The summed E-state index contributed by atoms with van der Waals surface area (Å²) in [5, 5.41) is 2.82. The van der Waals surface area contributed by atoms with Crippen LogP contribution in [0.15, 0.2) is 54.6 Å². The minimum Gasteiger partial charge on any atom is -0.497 e. The van der Waals surface area contributed by atoms with Crippen LogP contribution in [0, 0.1) is 0 Å². The van der Waals surface area contributed by atoms with Crippen molar-refractivity contribution in [3.05, 3.63) is 60.2 Å². The number of methoxy groups -OCH3 is 1. The summed E-state index contributed by atoms with van der Waals surface area (Å²) in [6.45, 7) is 4.77. The van der Waals surface area contributed by atoms with Crippen molar-refractivity contribution < 1.29 is 22.7 Å². The normalized spacial score (nSPS) is 12.0. The second-order valence-electron chi connectivity index (χ2n) is 8.28. The van der Waals surface area contributed by atoms with Crippen molar-refractivity contribution in [1.82, 2.24) is 10.2 Å². The zero-order valence-corrected chi connectivity index (χ0v) is 21.9. The Bertz CT molecular complexity index is 1060. The fraction of sp³-hybridized carbons (Fsp3) is 0.462. The molecule has 1 atom stereocenters. The highest BCUT2D eigenvalue weighted by molar-refractivity contribution is 7.92. The van der Waals surface area contributed by atoms with Gasteiger partial charge in [-0.05, 0) is 43.9 Å². The Hall–Kier alpha value is -3.07. The van der Waals surface area contributed by atoms with E-state index in [1.165, 1.54) is 11.4 Å². The van der Waals surface area contributed by atoms with Gasteiger partial charge < -0.3 is 15.0 Å². The van der Waals surface area contributed by atoms with E-state index in [0.29, 0.717) is 43.8 Å². The average Bonchev–Trinajstić information content (AvgIpc) is 2.84. The van der Waals surface area contributed by atoms with E-state index in [2.05, 4.69) is 5.32 Å². The first-order valence-electron chi connectivity index (χ1n) is 11.9. The van der Waals surface area contributed by atoms with Crippen LogP contribution in [-0.2, 0) is 26.0 Å². The van der Waals surface area contributed by atoms with Gasteiger partial charge in [0.25, 0.3) is 0 Å². The summed E-state index contributed by atoms with van der Waals surface area (Å²) in [4.78, 5) is 27.6. The lowest BCUT2D eigenvalue weighted by Gasteiger charge is -2.31. The number of likely N-dealkylation sites (N-methyl/N-ethyl adjacent to an activating group) is 1. The van der Waals surface area contributed by atoms with Crippen LogP contribution in [0.5, 0.6) is 5.75 Å². The maximum absolute atomic E-state index is 13.3. The number of ether oxygens (including phenoxy) is 1. The Morgan fingerprint density at radius 3 is 2.34 bits per heavy atom. The number of hydrogen-bond acceptors (Lipinski definition) is 5. The van der Waals surface area contributed by atoms with Gasteiger partial charge in [-0.1, -0.05) is 43.3 Å². The quantitative estimate of drug-likeness (QED) is 0.427. The molecule has 9 heteroatoms. The third-order valence-electron chi connectivity index (χ3n) is 5.71. The minimum atomic E-state index is -3.56. The molecule has 0 aliphatic carbocycles. The van der Waals surface area contributed by atoms with Gasteiger partial charge in [-0.15, -0.1) is 0 Å². The maximum Gasteiger partial charge on any atom is 0.242 e. The van der Waals surface area contributed by atoms with Gasteiger partial charge in [0.15, 0.2) is 0 Å². The lowest BCUT2D eigenvalue weighted by atomic mass is 10.1. The summed E-state index contributed by atoms with van der Waals surface area (Å²) in [5.74, 6) is 0.204. The maximum atomic E-state index is 13.3. The van der Waals surface area contributed by atoms with Crippen molar-refractivity contribution in [3.63, 3.8) is 0 Å². The van der Waals surface area contributed by atoms with Crippen molar-refractivity contribution >= 4 is 27.5 Å². The summed E-state index contributed by atoms with van der Waals surface area (Å²) < 4.78 is 31.4. The first-order valence-corrected chi connectivity index (χ1v) is 13.8. The number of carbonyl (C=O) groups is 2. The van der Waals surface area contributed by atoms with Gasteiger partial charge in [-0.25, -0.2) is 8.42 Å². The molecule has 8 nitrogen and oxygen atoms in total. The molecule has 0 saturated carbocycles. The van der Waals surface area contributed by atoms with E-state index in [4.69, 9.17) is 4.74 Å². The highest BCUT2D eigenvalue weighted by Crippen LogP contribution is 2.23. The molecular formula is C26H37N3O5S. The lowest BCUT2D eigenvalue weighted by molar-refractivity contribution is -0.140. The van der Waals surface area contributed by atoms with Crippen molar-refractivity contribution in [1.29, 1.82) is 0 Å². The van der Waals surface area contributed by atoms with Crippen LogP contribution in [0.25, 0.3) is 0 Å². The Labute approximate surface area is 209 Å². The Morgan fingerprint density at radius 1 is 1.03 bits per heavy atom. The third kappa shape index (κ3) is 8.58. The summed E-state index contributed by atoms with van der Waals surface area (Å²) in [5.41, 5.74) is 1.56. The molecule has 0 bridgehead atoms. The highest BCUT2D eigenvalue weighted by atomic mass is 32.2. The van der Waals surface area contributed by atoms with Crippen molar-refractivity contribution in [3.8, 4) is 5.75 Å². The Morgan fingerprint density at radius 2 is 1.74 bits per heavy atom. The number of nitrogens with one attached hydrogen (secondary N) is 1. The molecule has 2 rings (SSSR count). The zero-order valence-electron chi connectivity index (χ0n) is 21.1. The standard InChI is InChI=1S/C26H37N3O5S/c1-5-24(26(31)27-6-2)28(19-17-21-12-8-7-9-13-21)25(30)16-11-18-29(35(4,32)33)22-14-10-15-23(20-22)34-3/h7-10,12-15,20,24H,5-6,11,16-19H2,1-4H3,(H,27,31)/t24-/m1/s1. The van der Waals surface area contributed by atoms with Crippen molar-refractivity contribution in [2.24, 2.45) is 0 Å². The molecular weight excluding hydrogens is 466 g/mol. The van der Waals surface area contributed by atoms with E-state index in [-0.39, 0.29) is 24.8 Å². The van der Waals surface area contributed by atoms with E-state index in [0.717, 1.165) is 11.8 Å². The molecule has 0 saturated heterocycles. The number of rotatable bonds is 14. The van der Waals surface area contributed by atoms with E-state index < -0.39 is 16.1 Å². The summed E-state index contributed by atoms with van der Waals surface area (Å²) in [6.07, 6.45) is 2.70. The van der Waals surface area contributed by atoms with E-state index in [9.17, 15) is 18.0 Å². The van der Waals surface area contributed by atoms with Gasteiger partial charge in [-0.2, -0.15) is 0 Å². The van der Waals surface area contributed by atoms with Crippen molar-refractivity contribution in [2.75, 3.05) is 37.3 Å². The fourth-order valence-corrected chi connectivity index (χ4v) is 4.91. The molecule has 0 aliphatic rings. The van der Waals surface area contributed by atoms with Crippen molar-refractivity contribution in [2.45, 2.75) is 45.6 Å². The second kappa shape index (κ2) is 13.7. The summed E-state index contributed by atoms with van der Waals surface area (Å²) in [7, 11) is -2.04. The molecule has 192 valence electrons. The molecule has 2 aromatic carbocycles. The molecule has 0 heterocycles. The van der Waals surface area contributed by atoms with Crippen LogP contribution in [0.1, 0.15) is 38.7 Å². The summed E-state index contributed by atoms with van der Waals surface area (Å²) >= 11 is 0. The lowest BCUT2D eigenvalue weighted by Crippen LogP contribution is -2.50. The van der Waals surface area contributed by atoms with Crippen LogP contribution in [0.2, 0.25) is 0 Å². The number of carbonyl (C=O) groups excluding carboxylic acids is 2. The highest BCUT2D eigenvalue weighted by Gasteiger charge is 2.28. The second-order valence-corrected chi connectivity index (χ2v) is 10.2. The zero-order chi connectivity index (χ0) is 25.8. The largest absolute Gasteiger partial charge is 0.497 e. The van der Waals surface area contributed by atoms with Gasteiger partial charge >= 0.3 is 0 Å². The van der Waals surface area contributed by atoms with Crippen LogP contribution in [0.3, 0.4) is 0 Å². The average molecular weight is 504 g/mol. The summed E-state index contributed by atoms with van der Waals surface area (Å²) in [6, 6.07) is 16.0. The third-order valence-corrected chi connectivity index (χ3v) is 6.91. The van der Waals surface area contributed by atoms with Gasteiger partial charge in [0, 0.05) is 32.1 Å². The monoisotopic (exact) mass is 503 g/mol. The Balaban J connectivity index is 2.14. The predicted octanol–water partition coefficient (Wildman–Crippen LogP) is 3.23. The van der Waals surface area contributed by atoms with Gasteiger partial charge in [-0.3, -0.25) is 13.9 Å². The number of nitrogens with zero attached hydrogens (tertiary/aromatic N) is 2. The number of hydrogen-bond donors (Lipinski definition) is 1. The van der Waals surface area contributed by atoms with Crippen LogP contribution >= 0.6 is 0 Å². The number of sulfonamides is 1. The Kier molecular flexibility index (Phi) is 11.0. The van der Waals surface area contributed by atoms with Crippen LogP contribution < -0.4 is 14.4 Å². The first kappa shape index (κ1) is 28.2. The van der Waals surface area contributed by atoms with Gasteiger partial charge in [0.2, 0.25) is 21.8 Å². The predicted molar refractivity (Wildman–Crippen MR) is 139 cm³/mol. The molecule has 0 radical (unpaired) electrons. The molecule has 0 aromatic heterocycles. The molecule has 35 heavy (non-hydrogen) atoms. The SMILES string of the molecule is CCNC(=O)[C@@H](CC)N(CCc1ccccc1)C(=O)CCCN(c1cccc(OC)c1)S(C)(=O)=O. The topological polar surface area (TPSA) is 96.0 Å². The molecule has 1 N–H and O–H groups in total. The van der Waals surface area contributed by atoms with Crippen LogP contribution in [-0.4, -0.2) is 64.2 Å². The van der Waals surface area contributed by atoms with Gasteiger partial charge in [0.05, 0.1) is 19.1 Å². The van der Waals surface area contributed by atoms with E-state index >= 15 is 0 Å². The fourth-order valence-electron chi connectivity index (χ4n) is 3.96. The molecule has 0 unspecified atom stereocenters.